The summed E-state index contributed by atoms with van der Waals surface area (Å²) in [7, 11) is 0. The maximum Gasteiger partial charge on any atom is 0.322 e. The Kier molecular flexibility index (Phi) is 4.13. The highest BCUT2D eigenvalue weighted by Gasteiger charge is 2.51. The SMILES string of the molecule is CC(C)(C)c1ccc(C(=O)NC(=O)NC23CC4CC(CC(C4)C2)C3)cc1. The topological polar surface area (TPSA) is 58.2 Å². The highest BCUT2D eigenvalue weighted by atomic mass is 16.2. The summed E-state index contributed by atoms with van der Waals surface area (Å²) in [4.78, 5) is 24.9. The number of rotatable bonds is 2. The average molecular weight is 354 g/mol. The molecule has 5 rings (SSSR count). The Morgan fingerprint density at radius 1 is 0.923 bits per heavy atom. The van der Waals surface area contributed by atoms with Gasteiger partial charge < -0.3 is 5.32 Å². The molecular weight excluding hydrogens is 324 g/mol. The first-order valence-corrected chi connectivity index (χ1v) is 9.96. The lowest BCUT2D eigenvalue weighted by Crippen LogP contribution is -2.61. The summed E-state index contributed by atoms with van der Waals surface area (Å²) >= 11 is 0. The Hall–Kier alpha value is -1.84. The molecule has 4 heteroatoms. The van der Waals surface area contributed by atoms with E-state index in [4.69, 9.17) is 0 Å². The normalized spacial score (nSPS) is 32.3. The van der Waals surface area contributed by atoms with Crippen molar-refractivity contribution in [3.63, 3.8) is 0 Å². The first kappa shape index (κ1) is 17.6. The van der Waals surface area contributed by atoms with Crippen LogP contribution < -0.4 is 10.6 Å². The van der Waals surface area contributed by atoms with Gasteiger partial charge in [0.25, 0.3) is 5.91 Å². The number of amides is 3. The second-order valence-electron chi connectivity index (χ2n) is 9.93. The van der Waals surface area contributed by atoms with Gasteiger partial charge in [-0.2, -0.15) is 0 Å². The summed E-state index contributed by atoms with van der Waals surface area (Å²) in [5.74, 6) is 1.97. The first-order valence-electron chi connectivity index (χ1n) is 9.96. The maximum atomic E-state index is 12.5. The Balaban J connectivity index is 1.38. The number of benzene rings is 1. The van der Waals surface area contributed by atoms with Crippen LogP contribution in [0.15, 0.2) is 24.3 Å². The second kappa shape index (κ2) is 6.11. The van der Waals surface area contributed by atoms with Crippen molar-refractivity contribution in [2.45, 2.75) is 70.3 Å². The lowest BCUT2D eigenvalue weighted by atomic mass is 9.53. The third-order valence-corrected chi connectivity index (χ3v) is 6.66. The molecular formula is C22H30N2O2. The Bertz CT molecular complexity index is 679. The van der Waals surface area contributed by atoms with Crippen LogP contribution in [0.5, 0.6) is 0 Å². The predicted molar refractivity (Wildman–Crippen MR) is 102 cm³/mol. The number of imide groups is 1. The van der Waals surface area contributed by atoms with E-state index in [0.717, 1.165) is 37.0 Å². The minimum absolute atomic E-state index is 0.0465. The van der Waals surface area contributed by atoms with Crippen LogP contribution in [-0.2, 0) is 5.41 Å². The number of carbonyl (C=O) groups excluding carboxylic acids is 2. The summed E-state index contributed by atoms with van der Waals surface area (Å²) in [5.41, 5.74) is 1.67. The Morgan fingerprint density at radius 2 is 1.42 bits per heavy atom. The van der Waals surface area contributed by atoms with Gasteiger partial charge in [0.1, 0.15) is 0 Å². The van der Waals surface area contributed by atoms with Crippen LogP contribution in [0.3, 0.4) is 0 Å². The van der Waals surface area contributed by atoms with E-state index in [-0.39, 0.29) is 22.9 Å². The zero-order valence-electron chi connectivity index (χ0n) is 16.1. The molecule has 0 unspecified atom stereocenters. The molecule has 0 heterocycles. The highest BCUT2D eigenvalue weighted by Crippen LogP contribution is 2.55. The number of hydrogen-bond acceptors (Lipinski definition) is 2. The molecule has 0 radical (unpaired) electrons. The molecule has 4 aliphatic carbocycles. The lowest BCUT2D eigenvalue weighted by molar-refractivity contribution is -0.0134. The van der Waals surface area contributed by atoms with Crippen LogP contribution in [0.1, 0.15) is 75.2 Å². The summed E-state index contributed by atoms with van der Waals surface area (Å²) in [6.45, 7) is 6.42. The molecule has 3 amide bonds. The van der Waals surface area contributed by atoms with Crippen LogP contribution in [-0.4, -0.2) is 17.5 Å². The number of hydrogen-bond donors (Lipinski definition) is 2. The zero-order chi connectivity index (χ0) is 18.5. The molecule has 140 valence electrons. The molecule has 4 aliphatic rings. The fourth-order valence-corrected chi connectivity index (χ4v) is 5.83. The van der Waals surface area contributed by atoms with Gasteiger partial charge in [0.05, 0.1) is 0 Å². The third kappa shape index (κ3) is 3.38. The standard InChI is InChI=1S/C22H30N2O2/c1-21(2,3)18-6-4-17(5-7-18)19(25)23-20(26)24-22-11-14-8-15(12-22)10-16(9-14)13-22/h4-7,14-16H,8-13H2,1-3H3,(H2,23,24,25,26). The van der Waals surface area contributed by atoms with E-state index in [2.05, 4.69) is 31.4 Å². The third-order valence-electron chi connectivity index (χ3n) is 6.66. The van der Waals surface area contributed by atoms with E-state index < -0.39 is 0 Å². The van der Waals surface area contributed by atoms with Gasteiger partial charge in [-0.1, -0.05) is 32.9 Å². The molecule has 26 heavy (non-hydrogen) atoms. The van der Waals surface area contributed by atoms with Crippen molar-refractivity contribution in [1.82, 2.24) is 10.6 Å². The van der Waals surface area contributed by atoms with Gasteiger partial charge >= 0.3 is 6.03 Å². The number of urea groups is 1. The van der Waals surface area contributed by atoms with Crippen LogP contribution in [0.4, 0.5) is 4.79 Å². The molecule has 0 aliphatic heterocycles. The van der Waals surface area contributed by atoms with Crippen molar-refractivity contribution in [3.8, 4) is 0 Å². The fourth-order valence-electron chi connectivity index (χ4n) is 5.83. The van der Waals surface area contributed by atoms with Gasteiger partial charge in [0, 0.05) is 11.1 Å². The van der Waals surface area contributed by atoms with Crippen molar-refractivity contribution >= 4 is 11.9 Å². The van der Waals surface area contributed by atoms with E-state index >= 15 is 0 Å². The monoisotopic (exact) mass is 354 g/mol. The molecule has 4 nitrogen and oxygen atoms in total. The molecule has 1 aromatic rings. The minimum Gasteiger partial charge on any atom is -0.332 e. The van der Waals surface area contributed by atoms with Crippen LogP contribution in [0.2, 0.25) is 0 Å². The molecule has 4 bridgehead atoms. The van der Waals surface area contributed by atoms with E-state index in [1.54, 1.807) is 12.1 Å². The molecule has 1 aromatic carbocycles. The van der Waals surface area contributed by atoms with Crippen molar-refractivity contribution in [1.29, 1.82) is 0 Å². The van der Waals surface area contributed by atoms with Gasteiger partial charge in [0.15, 0.2) is 0 Å². The Morgan fingerprint density at radius 3 is 1.88 bits per heavy atom. The van der Waals surface area contributed by atoms with Gasteiger partial charge in [0.2, 0.25) is 0 Å². The summed E-state index contributed by atoms with van der Waals surface area (Å²) < 4.78 is 0. The smallest absolute Gasteiger partial charge is 0.322 e. The van der Waals surface area contributed by atoms with Crippen LogP contribution in [0, 0.1) is 17.8 Å². The van der Waals surface area contributed by atoms with Crippen LogP contribution >= 0.6 is 0 Å². The lowest BCUT2D eigenvalue weighted by Gasteiger charge is -2.56. The Labute approximate surface area is 156 Å². The molecule has 0 atom stereocenters. The quantitative estimate of drug-likeness (QED) is 0.827. The number of carbonyl (C=O) groups is 2. The van der Waals surface area contributed by atoms with E-state index in [0.29, 0.717) is 5.56 Å². The van der Waals surface area contributed by atoms with Crippen molar-refractivity contribution in [2.75, 3.05) is 0 Å². The fraction of sp³-hybridized carbons (Fsp3) is 0.636. The van der Waals surface area contributed by atoms with Gasteiger partial charge in [-0.25, -0.2) is 4.79 Å². The highest BCUT2D eigenvalue weighted by molar-refractivity contribution is 6.04. The average Bonchev–Trinajstić information content (AvgIpc) is 2.52. The summed E-state index contributed by atoms with van der Waals surface area (Å²) in [5, 5.41) is 5.73. The maximum absolute atomic E-state index is 12.5. The van der Waals surface area contributed by atoms with E-state index in [1.165, 1.54) is 24.8 Å². The van der Waals surface area contributed by atoms with E-state index in [1.807, 2.05) is 12.1 Å². The van der Waals surface area contributed by atoms with Crippen LogP contribution in [0.25, 0.3) is 0 Å². The second-order valence-corrected chi connectivity index (χ2v) is 9.93. The van der Waals surface area contributed by atoms with Crippen molar-refractivity contribution in [2.24, 2.45) is 17.8 Å². The number of nitrogens with one attached hydrogen (secondary N) is 2. The van der Waals surface area contributed by atoms with Crippen molar-refractivity contribution in [3.05, 3.63) is 35.4 Å². The largest absolute Gasteiger partial charge is 0.332 e. The van der Waals surface area contributed by atoms with Gasteiger partial charge in [-0.3, -0.25) is 10.1 Å². The molecule has 0 spiro atoms. The molecule has 0 aromatic heterocycles. The van der Waals surface area contributed by atoms with Gasteiger partial charge in [-0.05, 0) is 79.4 Å². The summed E-state index contributed by atoms with van der Waals surface area (Å²) in [6, 6.07) is 7.19. The minimum atomic E-state index is -0.336. The van der Waals surface area contributed by atoms with Gasteiger partial charge in [-0.15, -0.1) is 0 Å². The predicted octanol–water partition coefficient (Wildman–Crippen LogP) is 4.39. The molecule has 4 fully saturated rings. The molecule has 4 saturated carbocycles. The molecule has 2 N–H and O–H groups in total. The first-order chi connectivity index (χ1) is 12.2. The zero-order valence-corrected chi connectivity index (χ0v) is 16.1. The summed E-state index contributed by atoms with van der Waals surface area (Å²) in [6.07, 6.45) is 7.26. The molecule has 0 saturated heterocycles. The van der Waals surface area contributed by atoms with Crippen molar-refractivity contribution < 1.29 is 9.59 Å². The van der Waals surface area contributed by atoms with E-state index in [9.17, 15) is 9.59 Å².